The Hall–Kier alpha value is -7.43. The van der Waals surface area contributed by atoms with Crippen LogP contribution in [0.1, 0.15) is 0 Å². The highest BCUT2D eigenvalue weighted by Gasteiger charge is 2.16. The van der Waals surface area contributed by atoms with Crippen molar-refractivity contribution in [3.05, 3.63) is 188 Å². The molecule has 0 bridgehead atoms. The van der Waals surface area contributed by atoms with E-state index in [2.05, 4.69) is 170 Å². The van der Waals surface area contributed by atoms with Gasteiger partial charge < -0.3 is 4.42 Å². The minimum atomic E-state index is 0.615. The van der Waals surface area contributed by atoms with Crippen molar-refractivity contribution in [1.29, 1.82) is 0 Å². The smallest absolute Gasteiger partial charge is 0.164 e. The Morgan fingerprint density at radius 1 is 0.273 bits per heavy atom. The van der Waals surface area contributed by atoms with Crippen LogP contribution in [-0.2, 0) is 0 Å². The third-order valence-corrected chi connectivity index (χ3v) is 10.7. The molecule has 11 aromatic rings. The Labute approximate surface area is 317 Å². The molecular formula is C51H31N3O. The summed E-state index contributed by atoms with van der Waals surface area (Å²) in [6.45, 7) is 0. The van der Waals surface area contributed by atoms with Crippen LogP contribution in [0.25, 0.3) is 111 Å². The van der Waals surface area contributed by atoms with Crippen molar-refractivity contribution in [2.24, 2.45) is 0 Å². The van der Waals surface area contributed by atoms with E-state index in [1.54, 1.807) is 0 Å². The molecule has 4 heteroatoms. The third kappa shape index (κ3) is 5.51. The monoisotopic (exact) mass is 701 g/mol. The topological polar surface area (TPSA) is 51.8 Å². The predicted octanol–water partition coefficient (Wildman–Crippen LogP) is 13.6. The summed E-state index contributed by atoms with van der Waals surface area (Å²) in [6.07, 6.45) is 0. The molecular weight excluding hydrogens is 671 g/mol. The minimum absolute atomic E-state index is 0.615. The van der Waals surface area contributed by atoms with Gasteiger partial charge in [-0.2, -0.15) is 0 Å². The summed E-state index contributed by atoms with van der Waals surface area (Å²) in [7, 11) is 0. The van der Waals surface area contributed by atoms with Gasteiger partial charge in [0.25, 0.3) is 0 Å². The van der Waals surface area contributed by atoms with Gasteiger partial charge >= 0.3 is 0 Å². The highest BCUT2D eigenvalue weighted by molar-refractivity contribution is 6.10. The van der Waals surface area contributed by atoms with Crippen molar-refractivity contribution in [2.75, 3.05) is 0 Å². The zero-order valence-corrected chi connectivity index (χ0v) is 29.6. The Balaban J connectivity index is 1.06. The molecule has 2 aromatic heterocycles. The molecule has 0 saturated carbocycles. The maximum atomic E-state index is 6.26. The lowest BCUT2D eigenvalue weighted by molar-refractivity contribution is 0.669. The molecule has 0 aliphatic heterocycles. The highest BCUT2D eigenvalue weighted by Crippen LogP contribution is 2.36. The molecule has 0 spiro atoms. The Morgan fingerprint density at radius 3 is 1.53 bits per heavy atom. The molecule has 0 aliphatic carbocycles. The van der Waals surface area contributed by atoms with Crippen LogP contribution in [0.4, 0.5) is 0 Å². The first-order valence-electron chi connectivity index (χ1n) is 18.5. The Kier molecular flexibility index (Phi) is 7.14. The van der Waals surface area contributed by atoms with Crippen molar-refractivity contribution < 1.29 is 4.42 Å². The molecule has 0 amide bonds. The van der Waals surface area contributed by atoms with Crippen LogP contribution in [0.15, 0.2) is 192 Å². The van der Waals surface area contributed by atoms with Gasteiger partial charge in [0, 0.05) is 27.5 Å². The predicted molar refractivity (Wildman–Crippen MR) is 227 cm³/mol. The summed E-state index contributed by atoms with van der Waals surface area (Å²) in [5.41, 5.74) is 9.29. The second-order valence-corrected chi connectivity index (χ2v) is 14.1. The normalized spacial score (nSPS) is 11.6. The maximum Gasteiger partial charge on any atom is 0.164 e. The lowest BCUT2D eigenvalue weighted by atomic mass is 9.97. The fourth-order valence-corrected chi connectivity index (χ4v) is 7.86. The van der Waals surface area contributed by atoms with E-state index in [0.29, 0.717) is 17.5 Å². The number of rotatable bonds is 5. The molecule has 0 atom stereocenters. The second-order valence-electron chi connectivity index (χ2n) is 14.1. The van der Waals surface area contributed by atoms with Crippen LogP contribution in [0.2, 0.25) is 0 Å². The minimum Gasteiger partial charge on any atom is -0.456 e. The third-order valence-electron chi connectivity index (χ3n) is 10.7. The summed E-state index contributed by atoms with van der Waals surface area (Å²) in [5, 5.41) is 9.02. The first-order chi connectivity index (χ1) is 27.2. The van der Waals surface area contributed by atoms with E-state index in [1.165, 1.54) is 27.6 Å². The summed E-state index contributed by atoms with van der Waals surface area (Å²) < 4.78 is 6.26. The van der Waals surface area contributed by atoms with Crippen LogP contribution in [0.3, 0.4) is 0 Å². The van der Waals surface area contributed by atoms with Gasteiger partial charge in [-0.25, -0.2) is 15.0 Å². The van der Waals surface area contributed by atoms with Crippen LogP contribution >= 0.6 is 0 Å². The SMILES string of the molecule is c1ccc(-c2ccc3cc(-c4nc(-c5ccc6cc7c(cc6c5)oc5ccccc57)nc(-c5ccc6c(-c7ccccc7)cccc6c5)n4)ccc3c2)cc1. The quantitative estimate of drug-likeness (QED) is 0.179. The average Bonchev–Trinajstić information content (AvgIpc) is 3.62. The van der Waals surface area contributed by atoms with Crippen LogP contribution in [0.5, 0.6) is 0 Å². The number of nitrogens with zero attached hydrogens (tertiary/aromatic N) is 3. The molecule has 9 aromatic carbocycles. The maximum absolute atomic E-state index is 6.26. The lowest BCUT2D eigenvalue weighted by Crippen LogP contribution is -2.00. The van der Waals surface area contributed by atoms with Gasteiger partial charge in [-0.15, -0.1) is 0 Å². The van der Waals surface area contributed by atoms with Crippen molar-refractivity contribution in [3.63, 3.8) is 0 Å². The van der Waals surface area contributed by atoms with E-state index in [0.717, 1.165) is 65.6 Å². The largest absolute Gasteiger partial charge is 0.456 e. The van der Waals surface area contributed by atoms with E-state index >= 15 is 0 Å². The highest BCUT2D eigenvalue weighted by atomic mass is 16.3. The van der Waals surface area contributed by atoms with Gasteiger partial charge in [0.2, 0.25) is 0 Å². The number of hydrogen-bond donors (Lipinski definition) is 0. The first kappa shape index (κ1) is 31.1. The molecule has 0 N–H and O–H groups in total. The molecule has 0 radical (unpaired) electrons. The van der Waals surface area contributed by atoms with Crippen molar-refractivity contribution in [3.8, 4) is 56.4 Å². The number of furan rings is 1. The van der Waals surface area contributed by atoms with Gasteiger partial charge in [-0.05, 0) is 97.0 Å². The summed E-state index contributed by atoms with van der Waals surface area (Å²) in [4.78, 5) is 15.4. The summed E-state index contributed by atoms with van der Waals surface area (Å²) >= 11 is 0. The fourth-order valence-electron chi connectivity index (χ4n) is 7.86. The van der Waals surface area contributed by atoms with Gasteiger partial charge in [-0.3, -0.25) is 0 Å². The van der Waals surface area contributed by atoms with Crippen molar-refractivity contribution in [2.45, 2.75) is 0 Å². The molecule has 4 nitrogen and oxygen atoms in total. The van der Waals surface area contributed by atoms with Crippen molar-refractivity contribution in [1.82, 2.24) is 15.0 Å². The molecule has 0 unspecified atom stereocenters. The van der Waals surface area contributed by atoms with Gasteiger partial charge in [0.1, 0.15) is 11.2 Å². The summed E-state index contributed by atoms with van der Waals surface area (Å²) in [5.74, 6) is 1.86. The molecule has 0 aliphatic rings. The molecule has 256 valence electrons. The van der Waals surface area contributed by atoms with Crippen molar-refractivity contribution >= 4 is 54.3 Å². The van der Waals surface area contributed by atoms with E-state index in [-0.39, 0.29) is 0 Å². The number of fused-ring (bicyclic) bond motifs is 6. The fraction of sp³-hybridized carbons (Fsp3) is 0. The van der Waals surface area contributed by atoms with E-state index in [4.69, 9.17) is 19.4 Å². The zero-order valence-electron chi connectivity index (χ0n) is 29.6. The first-order valence-corrected chi connectivity index (χ1v) is 18.5. The Morgan fingerprint density at radius 2 is 0.818 bits per heavy atom. The molecule has 2 heterocycles. The standard InChI is InChI=1S/C51H31N3O/c1-3-10-32(11-4-1)34-18-19-36-27-39(22-20-35(36)26-34)49-52-50(40-23-21-37-30-46-45-15-7-8-17-47(45)55-48(46)31-42(37)29-40)54-51(53-49)41-24-25-44-38(28-41)14-9-16-43(44)33-12-5-2-6-13-33/h1-31H. The number of hydrogen-bond acceptors (Lipinski definition) is 4. The summed E-state index contributed by atoms with van der Waals surface area (Å²) in [6, 6.07) is 66.0. The molecule has 0 fully saturated rings. The second kappa shape index (κ2) is 12.6. The molecule has 0 saturated heterocycles. The van der Waals surface area contributed by atoms with Gasteiger partial charge in [-0.1, -0.05) is 146 Å². The number of para-hydroxylation sites is 1. The van der Waals surface area contributed by atoms with Gasteiger partial charge in [0.05, 0.1) is 0 Å². The van der Waals surface area contributed by atoms with Gasteiger partial charge in [0.15, 0.2) is 17.5 Å². The van der Waals surface area contributed by atoms with E-state index in [9.17, 15) is 0 Å². The van der Waals surface area contributed by atoms with Crippen LogP contribution in [0, 0.1) is 0 Å². The van der Waals surface area contributed by atoms with Crippen LogP contribution in [-0.4, -0.2) is 15.0 Å². The van der Waals surface area contributed by atoms with E-state index < -0.39 is 0 Å². The van der Waals surface area contributed by atoms with Crippen LogP contribution < -0.4 is 0 Å². The Bertz CT molecular complexity index is 3260. The number of benzene rings is 9. The molecule has 11 rings (SSSR count). The zero-order chi connectivity index (χ0) is 36.3. The lowest BCUT2D eigenvalue weighted by Gasteiger charge is -2.12. The van der Waals surface area contributed by atoms with E-state index in [1.807, 2.05) is 18.2 Å². The number of aromatic nitrogens is 3. The average molecular weight is 702 g/mol. The molecule has 55 heavy (non-hydrogen) atoms.